The quantitative estimate of drug-likeness (QED) is 0.687. The number of hydrogen-bond acceptors (Lipinski definition) is 4. The predicted molar refractivity (Wildman–Crippen MR) is 83.4 cm³/mol. The Hall–Kier alpha value is -2.14. The van der Waals surface area contributed by atoms with Gasteiger partial charge in [-0.25, -0.2) is 0 Å². The molecule has 0 fully saturated rings. The van der Waals surface area contributed by atoms with Gasteiger partial charge in [0.15, 0.2) is 0 Å². The molecular weight excluding hydrogens is 332 g/mol. The average molecular weight is 345 g/mol. The predicted octanol–water partition coefficient (Wildman–Crippen LogP) is 2.95. The monoisotopic (exact) mass is 344 g/mol. The summed E-state index contributed by atoms with van der Waals surface area (Å²) in [6.45, 7) is 0.641. The van der Waals surface area contributed by atoms with Crippen molar-refractivity contribution in [1.82, 2.24) is 5.32 Å². The summed E-state index contributed by atoms with van der Waals surface area (Å²) in [6, 6.07) is 11.1. The van der Waals surface area contributed by atoms with Gasteiger partial charge in [0.25, 0.3) is 0 Å². The topological polar surface area (TPSA) is 67.5 Å². The summed E-state index contributed by atoms with van der Waals surface area (Å²) in [5.74, 6) is 2.41. The number of nitrogens with one attached hydrogen (secondary N) is 1. The van der Waals surface area contributed by atoms with E-state index in [4.69, 9.17) is 10.5 Å². The number of fused-ring (bicyclic) bond motifs is 4. The standard InChI is InChI=1S/C16H13BrN2O2/c17-9-1-3-13-11(5-9)16(7-15(18)19-8-16)12-6-10(20)2-4-14(12)21-13/h1-7,19-20H,8,18H2/t16-/m0/s1. The van der Waals surface area contributed by atoms with Gasteiger partial charge in [0.05, 0.1) is 11.2 Å². The molecule has 0 radical (unpaired) electrons. The normalized spacial score (nSPS) is 22.0. The largest absolute Gasteiger partial charge is 0.508 e. The number of rotatable bonds is 0. The van der Waals surface area contributed by atoms with Crippen LogP contribution in [0.25, 0.3) is 0 Å². The maximum Gasteiger partial charge on any atom is 0.132 e. The number of hydrogen-bond donors (Lipinski definition) is 3. The minimum atomic E-state index is -0.421. The lowest BCUT2D eigenvalue weighted by Gasteiger charge is -2.35. The number of aromatic hydroxyl groups is 1. The third kappa shape index (κ3) is 1.74. The van der Waals surface area contributed by atoms with E-state index in [0.717, 1.165) is 27.1 Å². The molecule has 4 N–H and O–H groups in total. The minimum absolute atomic E-state index is 0.217. The van der Waals surface area contributed by atoms with Crippen LogP contribution < -0.4 is 15.8 Å². The zero-order chi connectivity index (χ0) is 14.6. The van der Waals surface area contributed by atoms with E-state index in [1.807, 2.05) is 24.3 Å². The van der Waals surface area contributed by atoms with Crippen LogP contribution in [0.1, 0.15) is 11.1 Å². The third-order valence-corrected chi connectivity index (χ3v) is 4.55. The van der Waals surface area contributed by atoms with Crippen LogP contribution in [0.15, 0.2) is 52.8 Å². The summed E-state index contributed by atoms with van der Waals surface area (Å²) in [7, 11) is 0. The number of phenols is 1. The minimum Gasteiger partial charge on any atom is -0.508 e. The van der Waals surface area contributed by atoms with Crippen LogP contribution in [0.3, 0.4) is 0 Å². The third-order valence-electron chi connectivity index (χ3n) is 4.06. The van der Waals surface area contributed by atoms with Crippen molar-refractivity contribution < 1.29 is 9.84 Å². The van der Waals surface area contributed by atoms with Gasteiger partial charge in [0.1, 0.15) is 17.2 Å². The number of nitrogens with two attached hydrogens (primary N) is 1. The van der Waals surface area contributed by atoms with E-state index >= 15 is 0 Å². The highest BCUT2D eigenvalue weighted by molar-refractivity contribution is 9.10. The Balaban J connectivity index is 2.05. The van der Waals surface area contributed by atoms with Gasteiger partial charge in [-0.15, -0.1) is 0 Å². The highest BCUT2D eigenvalue weighted by Gasteiger charge is 2.43. The molecule has 0 bridgehead atoms. The van der Waals surface area contributed by atoms with Gasteiger partial charge >= 0.3 is 0 Å². The molecular formula is C16H13BrN2O2. The van der Waals surface area contributed by atoms with Gasteiger partial charge in [0, 0.05) is 22.1 Å². The first-order valence-electron chi connectivity index (χ1n) is 6.62. The van der Waals surface area contributed by atoms with E-state index in [9.17, 15) is 5.11 Å². The summed E-state index contributed by atoms with van der Waals surface area (Å²) in [6.07, 6.45) is 2.00. The molecule has 4 nitrogen and oxygen atoms in total. The molecule has 0 unspecified atom stereocenters. The molecule has 2 aromatic rings. The molecule has 0 aromatic heterocycles. The Labute approximate surface area is 130 Å². The molecule has 0 saturated heterocycles. The summed E-state index contributed by atoms with van der Waals surface area (Å²) in [4.78, 5) is 0. The van der Waals surface area contributed by atoms with Crippen LogP contribution in [0, 0.1) is 0 Å². The highest BCUT2D eigenvalue weighted by Crippen LogP contribution is 2.51. The van der Waals surface area contributed by atoms with E-state index in [0.29, 0.717) is 12.4 Å². The number of benzene rings is 2. The van der Waals surface area contributed by atoms with Crippen molar-refractivity contribution in [2.45, 2.75) is 5.41 Å². The molecule has 1 spiro atoms. The second kappa shape index (κ2) is 4.18. The Morgan fingerprint density at radius 3 is 2.57 bits per heavy atom. The fourth-order valence-electron chi connectivity index (χ4n) is 3.11. The molecule has 2 aliphatic heterocycles. The number of ether oxygens (including phenoxy) is 1. The van der Waals surface area contributed by atoms with Crippen LogP contribution in [0.2, 0.25) is 0 Å². The van der Waals surface area contributed by atoms with Crippen LogP contribution in [-0.4, -0.2) is 11.7 Å². The maximum atomic E-state index is 9.86. The van der Waals surface area contributed by atoms with E-state index in [2.05, 4.69) is 21.2 Å². The second-order valence-corrected chi connectivity index (χ2v) is 6.26. The lowest BCUT2D eigenvalue weighted by Crippen LogP contribution is -2.34. The highest BCUT2D eigenvalue weighted by atomic mass is 79.9. The molecule has 2 aliphatic rings. The fraction of sp³-hybridized carbons (Fsp3) is 0.125. The molecule has 0 amide bonds. The first kappa shape index (κ1) is 12.6. The first-order valence-corrected chi connectivity index (χ1v) is 7.41. The Morgan fingerprint density at radius 1 is 1.14 bits per heavy atom. The van der Waals surface area contributed by atoms with Crippen molar-refractivity contribution in [2.75, 3.05) is 6.54 Å². The smallest absolute Gasteiger partial charge is 0.132 e. The van der Waals surface area contributed by atoms with Crippen molar-refractivity contribution >= 4 is 15.9 Å². The molecule has 5 heteroatoms. The summed E-state index contributed by atoms with van der Waals surface area (Å²) in [5, 5.41) is 13.1. The van der Waals surface area contributed by atoms with Crippen molar-refractivity contribution in [3.8, 4) is 17.2 Å². The van der Waals surface area contributed by atoms with Gasteiger partial charge in [-0.3, -0.25) is 0 Å². The van der Waals surface area contributed by atoms with Crippen molar-refractivity contribution in [1.29, 1.82) is 0 Å². The van der Waals surface area contributed by atoms with Crippen molar-refractivity contribution in [3.05, 3.63) is 63.9 Å². The maximum absolute atomic E-state index is 9.86. The van der Waals surface area contributed by atoms with E-state index < -0.39 is 5.41 Å². The van der Waals surface area contributed by atoms with E-state index in [1.54, 1.807) is 18.2 Å². The van der Waals surface area contributed by atoms with Crippen LogP contribution in [0.4, 0.5) is 0 Å². The second-order valence-electron chi connectivity index (χ2n) is 5.35. The van der Waals surface area contributed by atoms with E-state index in [-0.39, 0.29) is 5.75 Å². The molecule has 0 saturated carbocycles. The molecule has 0 aliphatic carbocycles. The molecule has 21 heavy (non-hydrogen) atoms. The summed E-state index contributed by atoms with van der Waals surface area (Å²) in [5.41, 5.74) is 7.49. The number of halogens is 1. The van der Waals surface area contributed by atoms with Crippen LogP contribution in [0.5, 0.6) is 17.2 Å². The molecule has 2 aromatic carbocycles. The average Bonchev–Trinajstić information content (AvgIpc) is 2.84. The Morgan fingerprint density at radius 2 is 1.86 bits per heavy atom. The zero-order valence-electron chi connectivity index (χ0n) is 11.1. The zero-order valence-corrected chi connectivity index (χ0v) is 12.6. The Bertz CT molecular complexity index is 734. The Kier molecular flexibility index (Phi) is 2.50. The van der Waals surface area contributed by atoms with Crippen LogP contribution >= 0.6 is 15.9 Å². The van der Waals surface area contributed by atoms with Gasteiger partial charge in [-0.05, 0) is 42.5 Å². The molecule has 2 heterocycles. The molecule has 1 atom stereocenters. The lowest BCUT2D eigenvalue weighted by atomic mass is 9.73. The van der Waals surface area contributed by atoms with Gasteiger partial charge in [0.2, 0.25) is 0 Å². The van der Waals surface area contributed by atoms with E-state index in [1.165, 1.54) is 0 Å². The van der Waals surface area contributed by atoms with Gasteiger partial charge in [-0.2, -0.15) is 0 Å². The van der Waals surface area contributed by atoms with Crippen molar-refractivity contribution in [3.63, 3.8) is 0 Å². The fourth-order valence-corrected chi connectivity index (χ4v) is 3.48. The lowest BCUT2D eigenvalue weighted by molar-refractivity contribution is 0.417. The van der Waals surface area contributed by atoms with Gasteiger partial charge in [-0.1, -0.05) is 15.9 Å². The number of phenolic OH excluding ortho intramolecular Hbond substituents is 1. The summed E-state index contributed by atoms with van der Waals surface area (Å²) < 4.78 is 6.96. The SMILES string of the molecule is NC1=C[C@@]2(CN1)c1cc(O)ccc1Oc1ccc(Br)cc12. The first-order chi connectivity index (χ1) is 10.1. The molecule has 106 valence electrons. The van der Waals surface area contributed by atoms with Crippen LogP contribution in [-0.2, 0) is 5.41 Å². The summed E-state index contributed by atoms with van der Waals surface area (Å²) >= 11 is 3.51. The van der Waals surface area contributed by atoms with Crippen molar-refractivity contribution in [2.24, 2.45) is 5.73 Å². The van der Waals surface area contributed by atoms with Gasteiger partial charge < -0.3 is 20.9 Å². The molecule has 4 rings (SSSR count).